The van der Waals surface area contributed by atoms with Crippen LogP contribution in [0.1, 0.15) is 6.42 Å². The number of hydrogen-bond acceptors (Lipinski definition) is 16. The second kappa shape index (κ2) is 19.6. The van der Waals surface area contributed by atoms with Gasteiger partial charge in [-0.3, -0.25) is 0 Å². The fourth-order valence-electron chi connectivity index (χ4n) is 5.09. The summed E-state index contributed by atoms with van der Waals surface area (Å²) in [6.45, 7) is 25.5. The summed E-state index contributed by atoms with van der Waals surface area (Å²) in [6.07, 6.45) is -7.17. The van der Waals surface area contributed by atoms with Gasteiger partial charge in [0.15, 0.2) is 24.4 Å². The fourth-order valence-corrected chi connectivity index (χ4v) is 5.09. The van der Waals surface area contributed by atoms with Gasteiger partial charge in [0, 0.05) is 42.9 Å². The third-order valence-electron chi connectivity index (χ3n) is 7.38. The van der Waals surface area contributed by atoms with E-state index >= 15 is 0 Å². The minimum absolute atomic E-state index is 0.0785. The predicted octanol–water partition coefficient (Wildman–Crippen LogP) is 1.21. The molecule has 16 heteroatoms. The smallest absolute Gasteiger partial charge is 0.330 e. The van der Waals surface area contributed by atoms with E-state index in [0.29, 0.717) is 0 Å². The molecule has 2 aliphatic heterocycles. The number of carbonyl (C=O) groups is 6. The van der Waals surface area contributed by atoms with E-state index in [1.165, 1.54) is 6.08 Å². The number of ether oxygens (including phenoxy) is 9. The van der Waals surface area contributed by atoms with Gasteiger partial charge in [0.1, 0.15) is 55.6 Å². The highest BCUT2D eigenvalue weighted by molar-refractivity contribution is 5.83. The highest BCUT2D eigenvalue weighted by Gasteiger charge is 2.63. The van der Waals surface area contributed by atoms with E-state index in [1.54, 1.807) is 0 Å². The first-order valence-electron chi connectivity index (χ1n) is 15.1. The van der Waals surface area contributed by atoms with Gasteiger partial charge in [-0.25, -0.2) is 28.8 Å². The van der Waals surface area contributed by atoms with Crippen LogP contribution >= 0.6 is 0 Å². The van der Waals surface area contributed by atoms with Crippen molar-refractivity contribution in [3.8, 4) is 0 Å². The summed E-state index contributed by atoms with van der Waals surface area (Å²) in [7, 11) is 0. The van der Waals surface area contributed by atoms with Crippen molar-refractivity contribution in [2.75, 3.05) is 19.8 Å². The molecule has 0 spiro atoms. The maximum absolute atomic E-state index is 12.8. The van der Waals surface area contributed by atoms with Crippen LogP contribution in [0, 0.1) is 0 Å². The lowest BCUT2D eigenvalue weighted by molar-refractivity contribution is -0.258. The summed E-state index contributed by atoms with van der Waals surface area (Å²) in [4.78, 5) is 74.5. The molecule has 0 amide bonds. The maximum Gasteiger partial charge on any atom is 0.330 e. The first-order chi connectivity index (χ1) is 24.2. The van der Waals surface area contributed by atoms with Gasteiger partial charge in [0.25, 0.3) is 0 Å². The fraction of sp³-hybridized carbons (Fsp3) is 0.371. The monoisotopic (exact) mass is 716 g/mol. The molecular formula is C35H40O16. The molecule has 0 aromatic rings. The molecule has 51 heavy (non-hydrogen) atoms. The van der Waals surface area contributed by atoms with E-state index in [4.69, 9.17) is 42.6 Å². The van der Waals surface area contributed by atoms with Crippen molar-refractivity contribution >= 4 is 35.8 Å². The van der Waals surface area contributed by atoms with Crippen LogP contribution in [0.2, 0.25) is 0 Å². The first-order valence-corrected chi connectivity index (χ1v) is 15.1. The van der Waals surface area contributed by atoms with E-state index < -0.39 is 116 Å². The van der Waals surface area contributed by atoms with Gasteiger partial charge >= 0.3 is 35.8 Å². The Morgan fingerprint density at radius 2 is 1.02 bits per heavy atom. The Morgan fingerprint density at radius 3 is 1.53 bits per heavy atom. The van der Waals surface area contributed by atoms with E-state index in [1.807, 2.05) is 0 Å². The van der Waals surface area contributed by atoms with Crippen LogP contribution in [0.4, 0.5) is 0 Å². The molecule has 2 fully saturated rings. The number of aliphatic hydroxyl groups excluding tert-OH is 1. The Kier molecular flexibility index (Phi) is 16.0. The van der Waals surface area contributed by atoms with Crippen LogP contribution in [0.3, 0.4) is 0 Å². The molecule has 1 N–H and O–H groups in total. The first kappa shape index (κ1) is 41.6. The summed E-state index contributed by atoms with van der Waals surface area (Å²) in [5.74, 6) is -5.88. The zero-order valence-electron chi connectivity index (χ0n) is 27.7. The summed E-state index contributed by atoms with van der Waals surface area (Å²) in [6, 6.07) is 0. The Labute approximate surface area is 293 Å². The molecule has 2 saturated heterocycles. The minimum atomic E-state index is -2.08. The van der Waals surface area contributed by atoms with E-state index in [-0.39, 0.29) is 5.76 Å². The van der Waals surface area contributed by atoms with Crippen molar-refractivity contribution in [1.29, 1.82) is 0 Å². The molecule has 0 radical (unpaired) electrons. The zero-order chi connectivity index (χ0) is 38.3. The van der Waals surface area contributed by atoms with Gasteiger partial charge in [0.2, 0.25) is 0 Å². The number of rotatable bonds is 20. The Morgan fingerprint density at radius 1 is 0.569 bits per heavy atom. The van der Waals surface area contributed by atoms with Gasteiger partial charge in [-0.2, -0.15) is 0 Å². The summed E-state index contributed by atoms with van der Waals surface area (Å²) >= 11 is 0. The maximum atomic E-state index is 12.8. The molecule has 2 rings (SSSR count). The Bertz CT molecular complexity index is 1430. The molecule has 276 valence electrons. The van der Waals surface area contributed by atoms with Crippen molar-refractivity contribution in [2.45, 2.75) is 60.9 Å². The molecule has 0 bridgehead atoms. The standard InChI is InChI=1S/C35H40O16/c1-9-20(8)43-18-23-33(49-28(40)14-6)34(50-29(41)15-7)35(51-23,19-45-25(37)11-3)16-21-31(47-26(38)12-4)30(42)32(48-27(39)13-5)22(46-21)17-44-24(36)10-2/h9-15,21-23,30-34,42H,1-8,16-19H2. The summed E-state index contributed by atoms with van der Waals surface area (Å²) in [5.41, 5.74) is -2.08. The Balaban J connectivity index is 2.82. The van der Waals surface area contributed by atoms with Crippen LogP contribution in [0.25, 0.3) is 0 Å². The minimum Gasteiger partial charge on any atom is -0.491 e. The number of allylic oxidation sites excluding steroid dienone is 1. The molecule has 0 saturated carbocycles. The van der Waals surface area contributed by atoms with Crippen molar-refractivity contribution in [3.05, 3.63) is 101 Å². The quantitative estimate of drug-likeness (QED) is 0.0618. The molecule has 0 aliphatic carbocycles. The van der Waals surface area contributed by atoms with E-state index in [2.05, 4.69) is 52.6 Å². The Hall–Kier alpha value is -5.58. The van der Waals surface area contributed by atoms with E-state index in [0.717, 1.165) is 36.5 Å². The third-order valence-corrected chi connectivity index (χ3v) is 7.38. The van der Waals surface area contributed by atoms with Gasteiger partial charge < -0.3 is 47.7 Å². The van der Waals surface area contributed by atoms with Crippen LogP contribution in [-0.2, 0) is 71.4 Å². The third kappa shape index (κ3) is 11.2. The van der Waals surface area contributed by atoms with Crippen LogP contribution in [0.15, 0.2) is 101 Å². The second-order valence-corrected chi connectivity index (χ2v) is 10.6. The number of esters is 6. The SMILES string of the molecule is C=CC(=C)OCC1OC(COC(=O)C=C)(CC2OC(COC(=O)C=C)C(OC(=O)C=C)C(O)C2OC(=O)C=C)C(OC(=O)C=C)C1OC(=O)C=C. The normalized spacial score (nSPS) is 27.9. The molecular weight excluding hydrogens is 676 g/mol. The van der Waals surface area contributed by atoms with E-state index in [9.17, 15) is 33.9 Å². The predicted molar refractivity (Wildman–Crippen MR) is 175 cm³/mol. The van der Waals surface area contributed by atoms with Crippen molar-refractivity contribution in [1.82, 2.24) is 0 Å². The largest absolute Gasteiger partial charge is 0.491 e. The summed E-state index contributed by atoms with van der Waals surface area (Å²) < 4.78 is 50.6. The highest BCUT2D eigenvalue weighted by Crippen LogP contribution is 2.43. The molecule has 9 unspecified atom stereocenters. The highest BCUT2D eigenvalue weighted by atomic mass is 16.7. The van der Waals surface area contributed by atoms with Crippen LogP contribution in [0.5, 0.6) is 0 Å². The average Bonchev–Trinajstić information content (AvgIpc) is 3.40. The topological polar surface area (TPSA) is 206 Å². The molecule has 9 atom stereocenters. The average molecular weight is 717 g/mol. The zero-order valence-corrected chi connectivity index (χ0v) is 27.7. The number of hydrogen-bond donors (Lipinski definition) is 1. The number of aliphatic hydroxyl groups is 1. The van der Waals surface area contributed by atoms with Crippen molar-refractivity contribution < 1.29 is 76.5 Å². The molecule has 2 heterocycles. The van der Waals surface area contributed by atoms with Crippen LogP contribution < -0.4 is 0 Å². The number of carbonyl (C=O) groups excluding carboxylic acids is 6. The van der Waals surface area contributed by atoms with Gasteiger partial charge in [-0.1, -0.05) is 52.6 Å². The molecule has 0 aromatic heterocycles. The lowest BCUT2D eigenvalue weighted by atomic mass is 9.83. The van der Waals surface area contributed by atoms with Crippen LogP contribution in [-0.4, -0.2) is 115 Å². The van der Waals surface area contributed by atoms with Gasteiger partial charge in [-0.05, 0) is 6.08 Å². The summed E-state index contributed by atoms with van der Waals surface area (Å²) in [5, 5.41) is 11.6. The van der Waals surface area contributed by atoms with Crippen molar-refractivity contribution in [2.24, 2.45) is 0 Å². The molecule has 2 aliphatic rings. The lowest BCUT2D eigenvalue weighted by Crippen LogP contribution is -2.63. The molecule has 0 aromatic carbocycles. The molecule has 16 nitrogen and oxygen atoms in total. The second-order valence-electron chi connectivity index (χ2n) is 10.6. The van der Waals surface area contributed by atoms with Crippen molar-refractivity contribution in [3.63, 3.8) is 0 Å². The van der Waals surface area contributed by atoms with Gasteiger partial charge in [0.05, 0.1) is 0 Å². The van der Waals surface area contributed by atoms with Gasteiger partial charge in [-0.15, -0.1) is 0 Å². The lowest BCUT2D eigenvalue weighted by Gasteiger charge is -2.46.